The Bertz CT molecular complexity index is 269. The summed E-state index contributed by atoms with van der Waals surface area (Å²) < 4.78 is 0. The number of aliphatic hydroxyl groups excluding tert-OH is 1. The maximum Gasteiger partial charge on any atom is 0.108 e. The van der Waals surface area contributed by atoms with Crippen molar-refractivity contribution in [2.75, 3.05) is 0 Å². The fourth-order valence-corrected chi connectivity index (χ4v) is 0.586. The predicted octanol–water partition coefficient (Wildman–Crippen LogP) is 1.76. The Hall–Kier alpha value is -1.69. The number of hydrogen-bond donors (Lipinski definition) is 2. The molecule has 0 aliphatic carbocycles. The Morgan fingerprint density at radius 2 is 2.25 bits per heavy atom. The van der Waals surface area contributed by atoms with E-state index in [0.717, 1.165) is 0 Å². The molecule has 0 fully saturated rings. The molecule has 0 radical (unpaired) electrons. The first-order valence-electron chi connectivity index (χ1n) is 3.56. The van der Waals surface area contributed by atoms with E-state index in [2.05, 4.69) is 6.58 Å². The highest BCUT2D eigenvalue weighted by molar-refractivity contribution is 5.38. The van der Waals surface area contributed by atoms with Crippen molar-refractivity contribution in [1.29, 1.82) is 5.26 Å². The van der Waals surface area contributed by atoms with Gasteiger partial charge in [-0.15, -0.1) is 0 Å². The lowest BCUT2D eigenvalue weighted by Gasteiger charge is -1.95. The third-order valence-corrected chi connectivity index (χ3v) is 1.29. The topological polar surface area (TPSA) is 70.0 Å². The van der Waals surface area contributed by atoms with E-state index in [1.54, 1.807) is 0 Å². The first-order chi connectivity index (χ1) is 5.61. The van der Waals surface area contributed by atoms with Crippen molar-refractivity contribution < 1.29 is 5.11 Å². The van der Waals surface area contributed by atoms with Crippen LogP contribution in [0.3, 0.4) is 0 Å². The SMILES string of the molecule is C=C(O)/C=C\C(C#N)=C(\N)CC. The molecule has 3 N–H and O–H groups in total. The predicted molar refractivity (Wildman–Crippen MR) is 48.0 cm³/mol. The summed E-state index contributed by atoms with van der Waals surface area (Å²) in [6.07, 6.45) is 3.40. The summed E-state index contributed by atoms with van der Waals surface area (Å²) in [5, 5.41) is 17.3. The Morgan fingerprint density at radius 3 is 2.58 bits per heavy atom. The van der Waals surface area contributed by atoms with Gasteiger partial charge in [-0.2, -0.15) is 5.26 Å². The summed E-state index contributed by atoms with van der Waals surface area (Å²) in [4.78, 5) is 0. The third-order valence-electron chi connectivity index (χ3n) is 1.29. The molecule has 0 aromatic carbocycles. The van der Waals surface area contributed by atoms with Gasteiger partial charge < -0.3 is 10.8 Å². The molecule has 0 amide bonds. The molecule has 0 aromatic rings. The summed E-state index contributed by atoms with van der Waals surface area (Å²) >= 11 is 0. The van der Waals surface area contributed by atoms with Crippen LogP contribution < -0.4 is 5.73 Å². The van der Waals surface area contributed by atoms with Crippen molar-refractivity contribution in [3.63, 3.8) is 0 Å². The molecule has 0 rings (SSSR count). The van der Waals surface area contributed by atoms with E-state index in [4.69, 9.17) is 16.1 Å². The molecule has 0 aliphatic rings. The molecule has 0 atom stereocenters. The van der Waals surface area contributed by atoms with Crippen LogP contribution in [0.2, 0.25) is 0 Å². The summed E-state index contributed by atoms with van der Waals surface area (Å²) in [7, 11) is 0. The lowest BCUT2D eigenvalue weighted by Crippen LogP contribution is -1.98. The van der Waals surface area contributed by atoms with Gasteiger partial charge in [0.05, 0.1) is 5.57 Å². The smallest absolute Gasteiger partial charge is 0.108 e. The zero-order chi connectivity index (χ0) is 9.56. The maximum absolute atomic E-state index is 8.70. The standard InChI is InChI=1S/C9H12N2O/c1-3-9(11)8(6-10)5-4-7(2)12/h4-5,12H,2-3,11H2,1H3/b5-4-,9-8-. The minimum absolute atomic E-state index is 0.0911. The van der Waals surface area contributed by atoms with Crippen LogP contribution in [0.4, 0.5) is 0 Å². The van der Waals surface area contributed by atoms with Crippen molar-refractivity contribution in [3.8, 4) is 6.07 Å². The van der Waals surface area contributed by atoms with Crippen molar-refractivity contribution >= 4 is 0 Å². The third kappa shape index (κ3) is 3.47. The van der Waals surface area contributed by atoms with Crippen LogP contribution >= 0.6 is 0 Å². The highest BCUT2D eigenvalue weighted by Gasteiger charge is 1.95. The maximum atomic E-state index is 8.70. The molecule has 0 saturated heterocycles. The highest BCUT2D eigenvalue weighted by Crippen LogP contribution is 2.04. The Labute approximate surface area is 72.1 Å². The zero-order valence-corrected chi connectivity index (χ0v) is 7.04. The van der Waals surface area contributed by atoms with E-state index in [-0.39, 0.29) is 5.76 Å². The van der Waals surface area contributed by atoms with Crippen LogP contribution in [0.5, 0.6) is 0 Å². The molecular formula is C9H12N2O. The van der Waals surface area contributed by atoms with Crippen LogP contribution in [-0.4, -0.2) is 5.11 Å². The first kappa shape index (κ1) is 10.3. The van der Waals surface area contributed by atoms with Crippen LogP contribution in [0.1, 0.15) is 13.3 Å². The average Bonchev–Trinajstić information content (AvgIpc) is 2.04. The van der Waals surface area contributed by atoms with Gasteiger partial charge in [-0.25, -0.2) is 0 Å². The molecule has 0 saturated carbocycles. The average molecular weight is 164 g/mol. The van der Waals surface area contributed by atoms with Crippen molar-refractivity contribution in [2.24, 2.45) is 5.73 Å². The largest absolute Gasteiger partial charge is 0.509 e. The monoisotopic (exact) mass is 164 g/mol. The molecule has 3 heteroatoms. The van der Waals surface area contributed by atoms with E-state index < -0.39 is 0 Å². The van der Waals surface area contributed by atoms with Crippen LogP contribution in [-0.2, 0) is 0 Å². The summed E-state index contributed by atoms with van der Waals surface area (Å²) in [5.74, 6) is -0.0911. The Morgan fingerprint density at radius 1 is 1.67 bits per heavy atom. The molecule has 0 unspecified atom stereocenters. The molecule has 0 heterocycles. The van der Waals surface area contributed by atoms with Gasteiger partial charge in [0.15, 0.2) is 0 Å². The quantitative estimate of drug-likeness (QED) is 0.379. The first-order valence-corrected chi connectivity index (χ1v) is 3.56. The Balaban J connectivity index is 4.62. The van der Waals surface area contributed by atoms with Crippen LogP contribution in [0.15, 0.2) is 35.8 Å². The van der Waals surface area contributed by atoms with E-state index >= 15 is 0 Å². The zero-order valence-electron chi connectivity index (χ0n) is 7.04. The highest BCUT2D eigenvalue weighted by atomic mass is 16.3. The van der Waals surface area contributed by atoms with Gasteiger partial charge in [-0.1, -0.05) is 13.5 Å². The summed E-state index contributed by atoms with van der Waals surface area (Å²) in [6, 6.07) is 1.92. The van der Waals surface area contributed by atoms with Gasteiger partial charge in [0, 0.05) is 5.70 Å². The summed E-state index contributed by atoms with van der Waals surface area (Å²) in [5.41, 5.74) is 6.39. The lowest BCUT2D eigenvalue weighted by atomic mass is 10.2. The molecule has 0 aromatic heterocycles. The van der Waals surface area contributed by atoms with Crippen LogP contribution in [0.25, 0.3) is 0 Å². The lowest BCUT2D eigenvalue weighted by molar-refractivity contribution is 0.435. The van der Waals surface area contributed by atoms with E-state index in [9.17, 15) is 0 Å². The number of allylic oxidation sites excluding steroid dienone is 4. The molecule has 12 heavy (non-hydrogen) atoms. The molecular weight excluding hydrogens is 152 g/mol. The molecule has 0 bridgehead atoms. The van der Waals surface area contributed by atoms with Crippen LogP contribution in [0, 0.1) is 11.3 Å². The van der Waals surface area contributed by atoms with Crippen molar-refractivity contribution in [1.82, 2.24) is 0 Å². The van der Waals surface area contributed by atoms with E-state index in [0.29, 0.717) is 17.7 Å². The van der Waals surface area contributed by atoms with Gasteiger partial charge in [0.1, 0.15) is 11.8 Å². The van der Waals surface area contributed by atoms with Gasteiger partial charge in [-0.3, -0.25) is 0 Å². The molecule has 0 aliphatic heterocycles. The fourth-order valence-electron chi connectivity index (χ4n) is 0.586. The number of nitrogens with two attached hydrogens (primary N) is 1. The number of rotatable bonds is 3. The number of hydrogen-bond acceptors (Lipinski definition) is 3. The van der Waals surface area contributed by atoms with Crippen molar-refractivity contribution in [3.05, 3.63) is 35.8 Å². The Kier molecular flexibility index (Phi) is 4.32. The molecule has 0 spiro atoms. The number of nitriles is 1. The molecule has 3 nitrogen and oxygen atoms in total. The van der Waals surface area contributed by atoms with Gasteiger partial charge in [0.25, 0.3) is 0 Å². The second-order valence-electron chi connectivity index (χ2n) is 2.23. The van der Waals surface area contributed by atoms with E-state index in [1.165, 1.54) is 12.2 Å². The number of nitrogens with zero attached hydrogens (tertiary/aromatic N) is 1. The summed E-state index contributed by atoms with van der Waals surface area (Å²) in [6.45, 7) is 5.10. The number of aliphatic hydroxyl groups is 1. The van der Waals surface area contributed by atoms with Gasteiger partial charge >= 0.3 is 0 Å². The second-order valence-corrected chi connectivity index (χ2v) is 2.23. The second kappa shape index (κ2) is 5.03. The minimum Gasteiger partial charge on any atom is -0.509 e. The normalized spacial score (nSPS) is 12.3. The molecule has 64 valence electrons. The van der Waals surface area contributed by atoms with Crippen molar-refractivity contribution in [2.45, 2.75) is 13.3 Å². The van der Waals surface area contributed by atoms with Gasteiger partial charge in [0.2, 0.25) is 0 Å². The minimum atomic E-state index is -0.0911. The fraction of sp³-hybridized carbons (Fsp3) is 0.222. The van der Waals surface area contributed by atoms with E-state index in [1.807, 2.05) is 13.0 Å². The van der Waals surface area contributed by atoms with Gasteiger partial charge in [-0.05, 0) is 18.6 Å².